The minimum atomic E-state index is -1.12. The van der Waals surface area contributed by atoms with Crippen LogP contribution in [-0.2, 0) is 27.0 Å². The van der Waals surface area contributed by atoms with Gasteiger partial charge in [0.15, 0.2) is 5.82 Å². The fourth-order valence-corrected chi connectivity index (χ4v) is 3.81. The lowest BCUT2D eigenvalue weighted by Crippen LogP contribution is -2.14. The number of hydrogen-bond acceptors (Lipinski definition) is 5. The van der Waals surface area contributed by atoms with Gasteiger partial charge < -0.3 is 9.26 Å². The van der Waals surface area contributed by atoms with E-state index >= 15 is 0 Å². The molecule has 0 aliphatic carbocycles. The fraction of sp³-hybridized carbons (Fsp3) is 0.467. The van der Waals surface area contributed by atoms with E-state index in [-0.39, 0.29) is 11.7 Å². The van der Waals surface area contributed by atoms with Crippen LogP contribution in [0.15, 0.2) is 28.8 Å². The largest absolute Gasteiger partial charge is 0.381 e. The Bertz CT molecular complexity index is 656. The van der Waals surface area contributed by atoms with Crippen LogP contribution in [0.4, 0.5) is 0 Å². The van der Waals surface area contributed by atoms with Crippen molar-refractivity contribution >= 4 is 22.4 Å². The van der Waals surface area contributed by atoms with Gasteiger partial charge in [0.25, 0.3) is 0 Å². The Hall–Kier alpha value is -1.24. The molecule has 3 rings (SSSR count). The summed E-state index contributed by atoms with van der Waals surface area (Å²) in [6.45, 7) is 1.45. The molecule has 1 aliphatic heterocycles. The quantitative estimate of drug-likeness (QED) is 0.837. The van der Waals surface area contributed by atoms with Crippen molar-refractivity contribution in [3.8, 4) is 0 Å². The molecule has 0 spiro atoms. The molecule has 1 aliphatic rings. The Balaban J connectivity index is 1.60. The molecule has 0 N–H and O–H groups in total. The second-order valence-electron chi connectivity index (χ2n) is 5.26. The Kier molecular flexibility index (Phi) is 5.23. The van der Waals surface area contributed by atoms with Gasteiger partial charge in [-0.1, -0.05) is 35.0 Å². The Morgan fingerprint density at radius 3 is 2.77 bits per heavy atom. The van der Waals surface area contributed by atoms with Gasteiger partial charge in [0, 0.05) is 35.0 Å². The summed E-state index contributed by atoms with van der Waals surface area (Å²) < 4.78 is 22.9. The lowest BCUT2D eigenvalue weighted by molar-refractivity contribution is 0.0778. The highest BCUT2D eigenvalue weighted by molar-refractivity contribution is 7.83. The smallest absolute Gasteiger partial charge is 0.229 e. The van der Waals surface area contributed by atoms with Crippen molar-refractivity contribution in [3.05, 3.63) is 46.6 Å². The van der Waals surface area contributed by atoms with E-state index in [1.807, 2.05) is 18.2 Å². The SMILES string of the molecule is O=[S@](Cc1noc(C2CCOCC2)n1)Cc1ccccc1Cl. The number of benzene rings is 1. The van der Waals surface area contributed by atoms with Crippen molar-refractivity contribution in [2.75, 3.05) is 13.2 Å². The molecule has 22 heavy (non-hydrogen) atoms. The summed E-state index contributed by atoms with van der Waals surface area (Å²) in [5.41, 5.74) is 0.871. The number of ether oxygens (including phenoxy) is 1. The second-order valence-corrected chi connectivity index (χ2v) is 7.12. The maximum absolute atomic E-state index is 12.2. The third-order valence-corrected chi connectivity index (χ3v) is 5.20. The third kappa shape index (κ3) is 3.94. The minimum absolute atomic E-state index is 0.256. The molecule has 0 unspecified atom stereocenters. The summed E-state index contributed by atoms with van der Waals surface area (Å²) in [7, 11) is -1.12. The highest BCUT2D eigenvalue weighted by Crippen LogP contribution is 2.25. The average Bonchev–Trinajstić information content (AvgIpc) is 2.99. The summed E-state index contributed by atoms with van der Waals surface area (Å²) in [6, 6.07) is 7.42. The molecule has 1 fully saturated rings. The number of aromatic nitrogens is 2. The average molecular weight is 341 g/mol. The predicted octanol–water partition coefficient (Wildman–Crippen LogP) is 3.07. The fourth-order valence-electron chi connectivity index (χ4n) is 2.42. The van der Waals surface area contributed by atoms with Crippen LogP contribution in [-0.4, -0.2) is 27.6 Å². The van der Waals surface area contributed by atoms with Gasteiger partial charge in [-0.3, -0.25) is 4.21 Å². The van der Waals surface area contributed by atoms with Crippen molar-refractivity contribution in [2.24, 2.45) is 0 Å². The van der Waals surface area contributed by atoms with Crippen LogP contribution >= 0.6 is 11.6 Å². The standard InChI is InChI=1S/C15H17ClN2O3S/c16-13-4-2-1-3-12(13)9-22(19)10-14-17-15(21-18-14)11-5-7-20-8-6-11/h1-4,11H,5-10H2/t22-/m0/s1. The molecule has 1 aromatic carbocycles. The van der Waals surface area contributed by atoms with Gasteiger partial charge >= 0.3 is 0 Å². The first-order valence-electron chi connectivity index (χ1n) is 7.21. The van der Waals surface area contributed by atoms with E-state index in [0.717, 1.165) is 31.6 Å². The molecule has 7 heteroatoms. The van der Waals surface area contributed by atoms with Gasteiger partial charge in [0.2, 0.25) is 5.89 Å². The van der Waals surface area contributed by atoms with Gasteiger partial charge in [0.1, 0.15) is 0 Å². The first-order chi connectivity index (χ1) is 10.7. The number of halogens is 1. The van der Waals surface area contributed by atoms with Crippen molar-refractivity contribution in [1.82, 2.24) is 10.1 Å². The molecule has 2 aromatic rings. The molecule has 118 valence electrons. The highest BCUT2D eigenvalue weighted by Gasteiger charge is 2.22. The maximum Gasteiger partial charge on any atom is 0.229 e. The van der Waals surface area contributed by atoms with Crippen molar-refractivity contribution < 1.29 is 13.5 Å². The summed E-state index contributed by atoms with van der Waals surface area (Å²) in [4.78, 5) is 4.38. The number of rotatable bonds is 5. The van der Waals surface area contributed by atoms with Crippen molar-refractivity contribution in [2.45, 2.75) is 30.3 Å². The van der Waals surface area contributed by atoms with Gasteiger partial charge in [-0.2, -0.15) is 4.98 Å². The molecular formula is C15H17ClN2O3S. The Morgan fingerprint density at radius 1 is 1.23 bits per heavy atom. The zero-order chi connectivity index (χ0) is 15.4. The van der Waals surface area contributed by atoms with E-state index in [1.165, 1.54) is 0 Å². The van der Waals surface area contributed by atoms with E-state index in [2.05, 4.69) is 10.1 Å². The zero-order valence-corrected chi connectivity index (χ0v) is 13.6. The van der Waals surface area contributed by atoms with Gasteiger partial charge in [-0.25, -0.2) is 0 Å². The van der Waals surface area contributed by atoms with Gasteiger partial charge in [-0.05, 0) is 24.5 Å². The van der Waals surface area contributed by atoms with E-state index in [0.29, 0.717) is 22.5 Å². The number of nitrogens with zero attached hydrogens (tertiary/aromatic N) is 2. The molecule has 1 atom stereocenters. The van der Waals surface area contributed by atoms with Crippen molar-refractivity contribution in [1.29, 1.82) is 0 Å². The molecule has 0 saturated carbocycles. The van der Waals surface area contributed by atoms with E-state index in [9.17, 15) is 4.21 Å². The zero-order valence-electron chi connectivity index (χ0n) is 12.0. The van der Waals surface area contributed by atoms with Crippen LogP contribution in [0.3, 0.4) is 0 Å². The third-order valence-electron chi connectivity index (χ3n) is 3.62. The molecule has 1 saturated heterocycles. The lowest BCUT2D eigenvalue weighted by atomic mass is 10.0. The first-order valence-corrected chi connectivity index (χ1v) is 9.07. The van der Waals surface area contributed by atoms with E-state index < -0.39 is 10.8 Å². The highest BCUT2D eigenvalue weighted by atomic mass is 35.5. The summed E-state index contributed by atoms with van der Waals surface area (Å²) >= 11 is 6.08. The summed E-state index contributed by atoms with van der Waals surface area (Å²) in [5, 5.41) is 4.57. The summed E-state index contributed by atoms with van der Waals surface area (Å²) in [5.74, 6) is 2.05. The molecule has 0 radical (unpaired) electrons. The van der Waals surface area contributed by atoms with Crippen LogP contribution in [0, 0.1) is 0 Å². The number of hydrogen-bond donors (Lipinski definition) is 0. The normalized spacial score (nSPS) is 17.5. The van der Waals surface area contributed by atoms with Crippen LogP contribution in [0.2, 0.25) is 5.02 Å². The first kappa shape index (κ1) is 15.6. The topological polar surface area (TPSA) is 65.2 Å². The molecule has 0 bridgehead atoms. The second kappa shape index (κ2) is 7.35. The van der Waals surface area contributed by atoms with Crippen molar-refractivity contribution in [3.63, 3.8) is 0 Å². The van der Waals surface area contributed by atoms with Crippen LogP contribution in [0.25, 0.3) is 0 Å². The maximum atomic E-state index is 12.2. The van der Waals surface area contributed by atoms with E-state index in [1.54, 1.807) is 6.07 Å². The van der Waals surface area contributed by atoms with Crippen LogP contribution < -0.4 is 0 Å². The molecule has 2 heterocycles. The monoisotopic (exact) mass is 340 g/mol. The molecular weight excluding hydrogens is 324 g/mol. The molecule has 1 aromatic heterocycles. The predicted molar refractivity (Wildman–Crippen MR) is 84.1 cm³/mol. The molecule has 0 amide bonds. The lowest BCUT2D eigenvalue weighted by Gasteiger charge is -2.17. The minimum Gasteiger partial charge on any atom is -0.381 e. The van der Waals surface area contributed by atoms with Crippen LogP contribution in [0.5, 0.6) is 0 Å². The van der Waals surface area contributed by atoms with Gasteiger partial charge in [0.05, 0.1) is 11.5 Å². The Labute approximate surface area is 136 Å². The van der Waals surface area contributed by atoms with E-state index in [4.69, 9.17) is 20.9 Å². The summed E-state index contributed by atoms with van der Waals surface area (Å²) in [6.07, 6.45) is 1.79. The van der Waals surface area contributed by atoms with Crippen LogP contribution in [0.1, 0.15) is 36.0 Å². The Morgan fingerprint density at radius 2 is 2.00 bits per heavy atom. The molecule has 5 nitrogen and oxygen atoms in total. The van der Waals surface area contributed by atoms with Gasteiger partial charge in [-0.15, -0.1) is 0 Å².